The molecule has 0 aliphatic heterocycles. The summed E-state index contributed by atoms with van der Waals surface area (Å²) in [6.45, 7) is 7.08. The van der Waals surface area contributed by atoms with Gasteiger partial charge in [0.15, 0.2) is 5.96 Å². The molecule has 5 heteroatoms. The normalized spacial score (nSPS) is 13.9. The molecule has 0 fully saturated rings. The van der Waals surface area contributed by atoms with Gasteiger partial charge in [0.05, 0.1) is 13.2 Å². The molecule has 0 bridgehead atoms. The van der Waals surface area contributed by atoms with Crippen molar-refractivity contribution in [2.45, 2.75) is 32.4 Å². The molecule has 0 spiro atoms. The molecule has 0 saturated carbocycles. The summed E-state index contributed by atoms with van der Waals surface area (Å²) in [7, 11) is 7.63. The Kier molecular flexibility index (Phi) is 6.68. The number of ether oxygens (including phenoxy) is 1. The van der Waals surface area contributed by atoms with Crippen molar-refractivity contribution in [3.05, 3.63) is 29.8 Å². The number of nitrogens with one attached hydrogen (secondary N) is 2. The summed E-state index contributed by atoms with van der Waals surface area (Å²) in [6.07, 6.45) is 0. The molecule has 0 amide bonds. The van der Waals surface area contributed by atoms with E-state index in [9.17, 15) is 0 Å². The number of nitrogens with zero attached hydrogens (tertiary/aromatic N) is 2. The number of para-hydroxylation sites is 1. The molecular weight excluding hydrogens is 276 g/mol. The van der Waals surface area contributed by atoms with Crippen LogP contribution in [0.1, 0.15) is 32.4 Å². The fourth-order valence-corrected chi connectivity index (χ4v) is 2.24. The minimum atomic E-state index is -0.0279. The molecule has 1 aromatic carbocycles. The molecule has 124 valence electrons. The Morgan fingerprint density at radius 2 is 1.91 bits per heavy atom. The highest BCUT2D eigenvalue weighted by atomic mass is 16.5. The molecule has 0 heterocycles. The lowest BCUT2D eigenvalue weighted by molar-refractivity contribution is 0.287. The Hall–Kier alpha value is -1.75. The van der Waals surface area contributed by atoms with Gasteiger partial charge in [-0.3, -0.25) is 4.99 Å². The molecule has 2 N–H and O–H groups in total. The Bertz CT molecular complexity index is 492. The van der Waals surface area contributed by atoms with Crippen LogP contribution in [0, 0.1) is 0 Å². The van der Waals surface area contributed by atoms with Gasteiger partial charge in [0.2, 0.25) is 0 Å². The number of methoxy groups -OCH3 is 1. The van der Waals surface area contributed by atoms with Gasteiger partial charge in [-0.1, -0.05) is 18.2 Å². The minimum absolute atomic E-state index is 0.0279. The van der Waals surface area contributed by atoms with E-state index in [1.54, 1.807) is 14.2 Å². The lowest BCUT2D eigenvalue weighted by Gasteiger charge is -2.29. The van der Waals surface area contributed by atoms with E-state index in [0.717, 1.165) is 23.8 Å². The maximum Gasteiger partial charge on any atom is 0.191 e. The molecule has 0 aliphatic carbocycles. The lowest BCUT2D eigenvalue weighted by atomic mass is 10.0. The van der Waals surface area contributed by atoms with Gasteiger partial charge in [0.1, 0.15) is 5.75 Å². The zero-order chi connectivity index (χ0) is 16.8. The Morgan fingerprint density at radius 1 is 1.27 bits per heavy atom. The molecule has 0 radical (unpaired) electrons. The molecule has 1 atom stereocenters. The van der Waals surface area contributed by atoms with Crippen LogP contribution >= 0.6 is 0 Å². The Labute approximate surface area is 134 Å². The number of likely N-dealkylation sites (N-methyl/N-ethyl adjacent to an activating group) is 1. The molecule has 0 aromatic heterocycles. The number of benzene rings is 1. The van der Waals surface area contributed by atoms with E-state index in [1.807, 2.05) is 18.2 Å². The van der Waals surface area contributed by atoms with Crippen LogP contribution in [0.15, 0.2) is 29.3 Å². The van der Waals surface area contributed by atoms with Crippen molar-refractivity contribution in [1.82, 2.24) is 15.5 Å². The molecule has 0 saturated heterocycles. The largest absolute Gasteiger partial charge is 0.496 e. The Morgan fingerprint density at radius 3 is 2.41 bits per heavy atom. The number of hydrogen-bond donors (Lipinski definition) is 2. The van der Waals surface area contributed by atoms with Crippen LogP contribution in [-0.2, 0) is 0 Å². The average Bonchev–Trinajstić information content (AvgIpc) is 2.45. The average molecular weight is 306 g/mol. The third kappa shape index (κ3) is 5.56. The molecule has 0 aliphatic rings. The predicted octanol–water partition coefficient (Wildman–Crippen LogP) is 2.26. The van der Waals surface area contributed by atoms with E-state index < -0.39 is 0 Å². The van der Waals surface area contributed by atoms with Crippen molar-refractivity contribution in [3.8, 4) is 5.75 Å². The molecule has 22 heavy (non-hydrogen) atoms. The predicted molar refractivity (Wildman–Crippen MR) is 93.7 cm³/mol. The van der Waals surface area contributed by atoms with Crippen molar-refractivity contribution < 1.29 is 4.74 Å². The quantitative estimate of drug-likeness (QED) is 0.647. The van der Waals surface area contributed by atoms with Gasteiger partial charge in [-0.2, -0.15) is 0 Å². The number of rotatable bonds is 5. The van der Waals surface area contributed by atoms with Crippen molar-refractivity contribution in [2.24, 2.45) is 4.99 Å². The summed E-state index contributed by atoms with van der Waals surface area (Å²) < 4.78 is 5.49. The van der Waals surface area contributed by atoms with E-state index in [1.165, 1.54) is 0 Å². The second kappa shape index (κ2) is 8.03. The van der Waals surface area contributed by atoms with Crippen LogP contribution in [0.3, 0.4) is 0 Å². The van der Waals surface area contributed by atoms with Gasteiger partial charge in [0, 0.05) is 24.7 Å². The van der Waals surface area contributed by atoms with Crippen molar-refractivity contribution in [3.63, 3.8) is 0 Å². The summed E-state index contributed by atoms with van der Waals surface area (Å²) in [5, 5.41) is 6.77. The lowest BCUT2D eigenvalue weighted by Crippen LogP contribution is -2.49. The maximum absolute atomic E-state index is 5.49. The number of guanidine groups is 1. The van der Waals surface area contributed by atoms with Gasteiger partial charge in [0.25, 0.3) is 0 Å². The first-order chi connectivity index (χ1) is 10.3. The number of hydrogen-bond acceptors (Lipinski definition) is 3. The van der Waals surface area contributed by atoms with Gasteiger partial charge in [-0.25, -0.2) is 0 Å². The standard InChI is InChI=1S/C17H30N4O/c1-17(2,3)20-16(18-4)19-12-14(21(5)6)13-10-8-9-11-15(13)22-7/h8-11,14H,12H2,1-7H3,(H2,18,19,20). The summed E-state index contributed by atoms with van der Waals surface area (Å²) >= 11 is 0. The van der Waals surface area contributed by atoms with Crippen molar-refractivity contribution in [1.29, 1.82) is 0 Å². The van der Waals surface area contributed by atoms with E-state index >= 15 is 0 Å². The molecule has 1 unspecified atom stereocenters. The van der Waals surface area contributed by atoms with E-state index in [0.29, 0.717) is 0 Å². The summed E-state index contributed by atoms with van der Waals surface area (Å²) in [6, 6.07) is 8.31. The maximum atomic E-state index is 5.49. The topological polar surface area (TPSA) is 48.9 Å². The zero-order valence-electron chi connectivity index (χ0n) is 14.9. The molecule has 5 nitrogen and oxygen atoms in total. The van der Waals surface area contributed by atoms with Crippen molar-refractivity contribution in [2.75, 3.05) is 34.8 Å². The van der Waals surface area contributed by atoms with E-state index in [4.69, 9.17) is 4.74 Å². The molecule has 1 rings (SSSR count). The summed E-state index contributed by atoms with van der Waals surface area (Å²) in [4.78, 5) is 6.46. The number of aliphatic imine (C=N–C) groups is 1. The highest BCUT2D eigenvalue weighted by molar-refractivity contribution is 5.80. The van der Waals surface area contributed by atoms with Crippen LogP contribution in [0.5, 0.6) is 5.75 Å². The van der Waals surface area contributed by atoms with E-state index in [2.05, 4.69) is 61.5 Å². The Balaban J connectivity index is 2.85. The van der Waals surface area contributed by atoms with Crippen LogP contribution in [-0.4, -0.2) is 51.2 Å². The van der Waals surface area contributed by atoms with Gasteiger partial charge >= 0.3 is 0 Å². The molecular formula is C17H30N4O. The molecule has 1 aromatic rings. The first-order valence-electron chi connectivity index (χ1n) is 7.56. The monoisotopic (exact) mass is 306 g/mol. The summed E-state index contributed by atoms with van der Waals surface area (Å²) in [5.74, 6) is 1.70. The third-order valence-electron chi connectivity index (χ3n) is 3.30. The van der Waals surface area contributed by atoms with Gasteiger partial charge < -0.3 is 20.3 Å². The second-order valence-corrected chi connectivity index (χ2v) is 6.55. The van der Waals surface area contributed by atoms with Crippen LogP contribution in [0.2, 0.25) is 0 Å². The second-order valence-electron chi connectivity index (χ2n) is 6.55. The highest BCUT2D eigenvalue weighted by Crippen LogP contribution is 2.27. The van der Waals surface area contributed by atoms with Gasteiger partial charge in [-0.05, 0) is 40.9 Å². The summed E-state index contributed by atoms with van der Waals surface area (Å²) in [5.41, 5.74) is 1.13. The van der Waals surface area contributed by atoms with Crippen LogP contribution in [0.25, 0.3) is 0 Å². The fraction of sp³-hybridized carbons (Fsp3) is 0.588. The minimum Gasteiger partial charge on any atom is -0.496 e. The van der Waals surface area contributed by atoms with Crippen molar-refractivity contribution >= 4 is 5.96 Å². The fourth-order valence-electron chi connectivity index (χ4n) is 2.24. The third-order valence-corrected chi connectivity index (χ3v) is 3.30. The van der Waals surface area contributed by atoms with E-state index in [-0.39, 0.29) is 11.6 Å². The zero-order valence-corrected chi connectivity index (χ0v) is 14.9. The van der Waals surface area contributed by atoms with Gasteiger partial charge in [-0.15, -0.1) is 0 Å². The smallest absolute Gasteiger partial charge is 0.191 e. The van der Waals surface area contributed by atoms with Crippen LogP contribution < -0.4 is 15.4 Å². The SMILES string of the molecule is CN=C(NCC(c1ccccc1OC)N(C)C)NC(C)(C)C. The highest BCUT2D eigenvalue weighted by Gasteiger charge is 2.19. The first kappa shape index (κ1) is 18.3. The first-order valence-corrected chi connectivity index (χ1v) is 7.56. The van der Waals surface area contributed by atoms with Crippen LogP contribution in [0.4, 0.5) is 0 Å².